The minimum absolute atomic E-state index is 0. The van der Waals surface area contributed by atoms with Crippen LogP contribution in [0.4, 0.5) is 8.78 Å². The van der Waals surface area contributed by atoms with E-state index >= 15 is 0 Å². The third-order valence-corrected chi connectivity index (χ3v) is 2.28. The standard InChI is InChI=1S/C13H17F2N3O.HI/c1-3-6-17-13(16)18-8-10-7-9(2)4-5-11(10)19-12(14)15;/h3-5,7,12H,1,6,8H2,2H3,(H3,16,17,18);1H. The molecule has 0 saturated carbocycles. The number of nitrogens with zero attached hydrogens (tertiary/aromatic N) is 1. The number of halogens is 3. The Hall–Kier alpha value is -1.38. The molecule has 0 aliphatic rings. The lowest BCUT2D eigenvalue weighted by molar-refractivity contribution is -0.0504. The topological polar surface area (TPSA) is 59.6 Å². The molecule has 0 unspecified atom stereocenters. The second-order valence-electron chi connectivity index (χ2n) is 3.86. The summed E-state index contributed by atoms with van der Waals surface area (Å²) in [4.78, 5) is 4.05. The molecule has 1 rings (SSSR count). The van der Waals surface area contributed by atoms with Crippen molar-refractivity contribution in [2.24, 2.45) is 10.7 Å². The molecule has 0 fully saturated rings. The third-order valence-electron chi connectivity index (χ3n) is 2.28. The monoisotopic (exact) mass is 397 g/mol. The average Bonchev–Trinajstić information content (AvgIpc) is 2.36. The minimum atomic E-state index is -2.86. The number of nitrogens with two attached hydrogens (primary N) is 1. The van der Waals surface area contributed by atoms with Crippen molar-refractivity contribution in [3.63, 3.8) is 0 Å². The summed E-state index contributed by atoms with van der Waals surface area (Å²) in [6.07, 6.45) is 1.64. The summed E-state index contributed by atoms with van der Waals surface area (Å²) >= 11 is 0. The van der Waals surface area contributed by atoms with Crippen LogP contribution in [0.5, 0.6) is 5.75 Å². The fourth-order valence-electron chi connectivity index (χ4n) is 1.45. The van der Waals surface area contributed by atoms with Crippen molar-refractivity contribution in [2.45, 2.75) is 20.1 Å². The highest BCUT2D eigenvalue weighted by Gasteiger charge is 2.09. The third kappa shape index (κ3) is 6.69. The number of rotatable bonds is 6. The highest BCUT2D eigenvalue weighted by atomic mass is 127. The maximum atomic E-state index is 12.3. The second-order valence-corrected chi connectivity index (χ2v) is 3.86. The first kappa shape index (κ1) is 18.6. The number of hydrogen-bond donors (Lipinski definition) is 2. The molecule has 0 bridgehead atoms. The van der Waals surface area contributed by atoms with E-state index in [-0.39, 0.29) is 42.2 Å². The molecule has 0 aliphatic carbocycles. The maximum absolute atomic E-state index is 12.3. The van der Waals surface area contributed by atoms with Gasteiger partial charge in [-0.25, -0.2) is 4.99 Å². The molecule has 0 aliphatic heterocycles. The Balaban J connectivity index is 0.00000361. The molecule has 0 spiro atoms. The van der Waals surface area contributed by atoms with E-state index in [1.54, 1.807) is 18.2 Å². The molecule has 3 N–H and O–H groups in total. The summed E-state index contributed by atoms with van der Waals surface area (Å²) in [5, 5.41) is 2.80. The maximum Gasteiger partial charge on any atom is 0.387 e. The van der Waals surface area contributed by atoms with Crippen LogP contribution in [0.15, 0.2) is 35.8 Å². The Morgan fingerprint density at radius 3 is 2.85 bits per heavy atom. The molecular formula is C13H18F2IN3O. The van der Waals surface area contributed by atoms with Crippen LogP contribution in [-0.2, 0) is 6.54 Å². The molecule has 7 heteroatoms. The Morgan fingerprint density at radius 1 is 1.55 bits per heavy atom. The van der Waals surface area contributed by atoms with Gasteiger partial charge < -0.3 is 15.8 Å². The summed E-state index contributed by atoms with van der Waals surface area (Å²) in [6.45, 7) is 3.19. The van der Waals surface area contributed by atoms with Crippen LogP contribution in [0.1, 0.15) is 11.1 Å². The van der Waals surface area contributed by atoms with Gasteiger partial charge in [0, 0.05) is 12.1 Å². The Bertz CT molecular complexity index is 467. The molecule has 0 amide bonds. The summed E-state index contributed by atoms with van der Waals surface area (Å²) in [7, 11) is 0. The lowest BCUT2D eigenvalue weighted by atomic mass is 10.1. The summed E-state index contributed by atoms with van der Waals surface area (Å²) in [5.41, 5.74) is 7.09. The first-order valence-corrected chi connectivity index (χ1v) is 5.72. The minimum Gasteiger partial charge on any atom is -0.434 e. The van der Waals surface area contributed by atoms with Crippen LogP contribution in [-0.4, -0.2) is 19.1 Å². The number of alkyl halides is 2. The van der Waals surface area contributed by atoms with E-state index in [0.717, 1.165) is 5.56 Å². The molecule has 0 atom stereocenters. The van der Waals surface area contributed by atoms with E-state index in [1.165, 1.54) is 6.07 Å². The lowest BCUT2D eigenvalue weighted by Gasteiger charge is -2.10. The SMILES string of the molecule is C=CCNC(N)=NCc1cc(C)ccc1OC(F)F.I. The van der Waals surface area contributed by atoms with Crippen molar-refractivity contribution < 1.29 is 13.5 Å². The molecule has 0 radical (unpaired) electrons. The average molecular weight is 397 g/mol. The predicted octanol–water partition coefficient (Wildman–Crippen LogP) is 2.80. The van der Waals surface area contributed by atoms with Gasteiger partial charge in [-0.1, -0.05) is 23.8 Å². The zero-order valence-electron chi connectivity index (χ0n) is 11.1. The number of hydrogen-bond acceptors (Lipinski definition) is 2. The number of aryl methyl sites for hydroxylation is 1. The molecule has 0 aromatic heterocycles. The van der Waals surface area contributed by atoms with Gasteiger partial charge in [0.15, 0.2) is 5.96 Å². The first-order chi connectivity index (χ1) is 9.02. The molecule has 0 heterocycles. The highest BCUT2D eigenvalue weighted by molar-refractivity contribution is 14.0. The van der Waals surface area contributed by atoms with Gasteiger partial charge in [0.2, 0.25) is 0 Å². The van der Waals surface area contributed by atoms with Crippen LogP contribution in [0.2, 0.25) is 0 Å². The molecule has 20 heavy (non-hydrogen) atoms. The zero-order chi connectivity index (χ0) is 14.3. The van der Waals surface area contributed by atoms with Gasteiger partial charge in [0.05, 0.1) is 6.54 Å². The van der Waals surface area contributed by atoms with E-state index in [2.05, 4.69) is 21.6 Å². The van der Waals surface area contributed by atoms with Gasteiger partial charge in [-0.3, -0.25) is 0 Å². The number of benzene rings is 1. The second kappa shape index (κ2) is 9.51. The van der Waals surface area contributed by atoms with E-state index in [4.69, 9.17) is 5.73 Å². The molecule has 112 valence electrons. The Labute approximate surface area is 134 Å². The van der Waals surface area contributed by atoms with Crippen LogP contribution in [0.25, 0.3) is 0 Å². The smallest absolute Gasteiger partial charge is 0.387 e. The summed E-state index contributed by atoms with van der Waals surface area (Å²) in [6, 6.07) is 4.94. The predicted molar refractivity (Wildman–Crippen MR) is 86.8 cm³/mol. The van der Waals surface area contributed by atoms with Gasteiger partial charge in [-0.15, -0.1) is 30.6 Å². The molecule has 0 saturated heterocycles. The van der Waals surface area contributed by atoms with Crippen LogP contribution in [0, 0.1) is 6.92 Å². The first-order valence-electron chi connectivity index (χ1n) is 5.72. The van der Waals surface area contributed by atoms with Crippen molar-refractivity contribution >= 4 is 29.9 Å². The van der Waals surface area contributed by atoms with Crippen molar-refractivity contribution in [3.05, 3.63) is 42.0 Å². The molecule has 4 nitrogen and oxygen atoms in total. The molecule has 1 aromatic carbocycles. The lowest BCUT2D eigenvalue weighted by Crippen LogP contribution is -2.31. The molecule has 1 aromatic rings. The Morgan fingerprint density at radius 2 is 2.25 bits per heavy atom. The normalized spacial score (nSPS) is 10.9. The van der Waals surface area contributed by atoms with E-state index < -0.39 is 6.61 Å². The van der Waals surface area contributed by atoms with Crippen LogP contribution >= 0.6 is 24.0 Å². The van der Waals surface area contributed by atoms with Gasteiger partial charge >= 0.3 is 6.61 Å². The summed E-state index contributed by atoms with van der Waals surface area (Å²) in [5.74, 6) is 0.338. The van der Waals surface area contributed by atoms with Gasteiger partial charge in [-0.05, 0) is 13.0 Å². The molecular weight excluding hydrogens is 379 g/mol. The van der Waals surface area contributed by atoms with Gasteiger partial charge in [0.25, 0.3) is 0 Å². The van der Waals surface area contributed by atoms with Crippen molar-refractivity contribution in [3.8, 4) is 5.75 Å². The summed E-state index contributed by atoms with van der Waals surface area (Å²) < 4.78 is 29.0. The van der Waals surface area contributed by atoms with E-state index in [9.17, 15) is 8.78 Å². The van der Waals surface area contributed by atoms with Gasteiger partial charge in [-0.2, -0.15) is 8.78 Å². The number of guanidine groups is 1. The van der Waals surface area contributed by atoms with Crippen molar-refractivity contribution in [1.29, 1.82) is 0 Å². The Kier molecular flexibility index (Phi) is 8.86. The van der Waals surface area contributed by atoms with E-state index in [1.807, 2.05) is 6.92 Å². The van der Waals surface area contributed by atoms with Crippen LogP contribution in [0.3, 0.4) is 0 Å². The number of aliphatic imine (C=N–C) groups is 1. The van der Waals surface area contributed by atoms with Crippen molar-refractivity contribution in [1.82, 2.24) is 5.32 Å². The van der Waals surface area contributed by atoms with Gasteiger partial charge in [0.1, 0.15) is 5.75 Å². The van der Waals surface area contributed by atoms with Crippen molar-refractivity contribution in [2.75, 3.05) is 6.54 Å². The fraction of sp³-hybridized carbons (Fsp3) is 0.308. The zero-order valence-corrected chi connectivity index (χ0v) is 13.4. The van der Waals surface area contributed by atoms with E-state index in [0.29, 0.717) is 12.1 Å². The number of ether oxygens (including phenoxy) is 1. The fourth-order valence-corrected chi connectivity index (χ4v) is 1.45. The number of nitrogens with one attached hydrogen (secondary N) is 1. The van der Waals surface area contributed by atoms with Crippen LogP contribution < -0.4 is 15.8 Å². The largest absolute Gasteiger partial charge is 0.434 e. The highest BCUT2D eigenvalue weighted by Crippen LogP contribution is 2.22. The quantitative estimate of drug-likeness (QED) is 0.336.